The quantitative estimate of drug-likeness (QED) is 0.205. The minimum atomic E-state index is -0.414. The Kier molecular flexibility index (Phi) is 6.01. The monoisotopic (exact) mass is 436 g/mol. The minimum absolute atomic E-state index is 0.0235. The number of para-hydroxylation sites is 1. The zero-order chi connectivity index (χ0) is 20.1. The summed E-state index contributed by atoms with van der Waals surface area (Å²) in [6.07, 6.45) is 3.01. The van der Waals surface area contributed by atoms with E-state index in [1.54, 1.807) is 54.4 Å². The maximum Gasteiger partial charge on any atom is 0.293 e. The van der Waals surface area contributed by atoms with Crippen molar-refractivity contribution >= 4 is 44.9 Å². The third-order valence-electron chi connectivity index (χ3n) is 4.26. The van der Waals surface area contributed by atoms with Crippen LogP contribution >= 0.6 is 15.9 Å². The van der Waals surface area contributed by atoms with Gasteiger partial charge >= 0.3 is 0 Å². The van der Waals surface area contributed by atoms with E-state index in [0.29, 0.717) is 16.8 Å². The van der Waals surface area contributed by atoms with Crippen LogP contribution in [-0.4, -0.2) is 17.8 Å². The standard InChI is InChI=1S/C22H17BrN2O3/c1-24(19-5-3-2-4-6-19)20-13-7-16(15-21(20)25(27)28)8-14-22(26)17-9-11-18(23)12-10-17/h2-15H,1H3. The first-order valence-corrected chi connectivity index (χ1v) is 9.30. The number of halogens is 1. The molecule has 0 aliphatic heterocycles. The third kappa shape index (κ3) is 4.53. The molecule has 0 saturated heterocycles. The lowest BCUT2D eigenvalue weighted by Crippen LogP contribution is -2.11. The van der Waals surface area contributed by atoms with E-state index in [2.05, 4.69) is 15.9 Å². The summed E-state index contributed by atoms with van der Waals surface area (Å²) in [6.45, 7) is 0. The number of anilines is 2. The molecule has 0 unspecified atom stereocenters. The second kappa shape index (κ2) is 8.63. The van der Waals surface area contributed by atoms with Crippen LogP contribution < -0.4 is 4.90 Å². The topological polar surface area (TPSA) is 63.5 Å². The second-order valence-corrected chi connectivity index (χ2v) is 7.02. The molecule has 0 fully saturated rings. The smallest absolute Gasteiger partial charge is 0.293 e. The van der Waals surface area contributed by atoms with E-state index >= 15 is 0 Å². The SMILES string of the molecule is CN(c1ccccc1)c1ccc(C=CC(=O)c2ccc(Br)cc2)cc1[N+](=O)[O-]. The number of nitrogens with zero attached hydrogens (tertiary/aromatic N) is 2. The zero-order valence-electron chi connectivity index (χ0n) is 15.1. The number of allylic oxidation sites excluding steroid dienone is 1. The predicted molar refractivity (Wildman–Crippen MR) is 115 cm³/mol. The minimum Gasteiger partial charge on any atom is -0.339 e. The molecule has 0 radical (unpaired) electrons. The Bertz CT molecular complexity index is 1030. The van der Waals surface area contributed by atoms with Crippen LogP contribution in [0.1, 0.15) is 15.9 Å². The van der Waals surface area contributed by atoms with Gasteiger partial charge in [-0.25, -0.2) is 0 Å². The van der Waals surface area contributed by atoms with Crippen molar-refractivity contribution in [2.24, 2.45) is 0 Å². The number of ketones is 1. The Morgan fingerprint density at radius 2 is 1.71 bits per heavy atom. The lowest BCUT2D eigenvalue weighted by Gasteiger charge is -2.19. The molecular formula is C22H17BrN2O3. The maximum absolute atomic E-state index is 12.3. The van der Waals surface area contributed by atoms with Gasteiger partial charge in [0.15, 0.2) is 5.78 Å². The summed E-state index contributed by atoms with van der Waals surface area (Å²) in [5, 5.41) is 11.6. The van der Waals surface area contributed by atoms with Gasteiger partial charge in [0.25, 0.3) is 5.69 Å². The van der Waals surface area contributed by atoms with Crippen molar-refractivity contribution in [2.75, 3.05) is 11.9 Å². The van der Waals surface area contributed by atoms with Crippen molar-refractivity contribution in [3.8, 4) is 0 Å². The van der Waals surface area contributed by atoms with E-state index in [1.807, 2.05) is 30.3 Å². The lowest BCUT2D eigenvalue weighted by atomic mass is 10.1. The molecule has 0 amide bonds. The first-order chi connectivity index (χ1) is 13.5. The highest BCUT2D eigenvalue weighted by Crippen LogP contribution is 2.33. The summed E-state index contributed by atoms with van der Waals surface area (Å²) in [7, 11) is 1.78. The molecule has 3 aromatic rings. The Balaban J connectivity index is 1.87. The van der Waals surface area contributed by atoms with Crippen LogP contribution in [-0.2, 0) is 0 Å². The van der Waals surface area contributed by atoms with Gasteiger partial charge in [-0.3, -0.25) is 14.9 Å². The van der Waals surface area contributed by atoms with Crippen molar-refractivity contribution in [1.82, 2.24) is 0 Å². The van der Waals surface area contributed by atoms with Gasteiger partial charge in [-0.2, -0.15) is 0 Å². The highest BCUT2D eigenvalue weighted by Gasteiger charge is 2.18. The van der Waals surface area contributed by atoms with E-state index in [-0.39, 0.29) is 11.5 Å². The molecule has 3 rings (SSSR count). The molecule has 0 spiro atoms. The Labute approximate surface area is 171 Å². The summed E-state index contributed by atoms with van der Waals surface area (Å²) in [6, 6.07) is 21.4. The number of nitro benzene ring substituents is 1. The molecular weight excluding hydrogens is 420 g/mol. The number of rotatable bonds is 6. The van der Waals surface area contributed by atoms with Crippen LogP contribution in [0.25, 0.3) is 6.08 Å². The fourth-order valence-electron chi connectivity index (χ4n) is 2.75. The molecule has 5 nitrogen and oxygen atoms in total. The molecule has 0 N–H and O–H groups in total. The molecule has 0 atom stereocenters. The molecule has 0 aliphatic rings. The predicted octanol–water partition coefficient (Wildman–Crippen LogP) is 6.02. The van der Waals surface area contributed by atoms with E-state index in [9.17, 15) is 14.9 Å². The van der Waals surface area contributed by atoms with Gasteiger partial charge in [-0.15, -0.1) is 0 Å². The number of carbonyl (C=O) groups excluding carboxylic acids is 1. The van der Waals surface area contributed by atoms with Crippen molar-refractivity contribution in [2.45, 2.75) is 0 Å². The van der Waals surface area contributed by atoms with Crippen LogP contribution in [0.4, 0.5) is 17.1 Å². The Morgan fingerprint density at radius 3 is 2.36 bits per heavy atom. The summed E-state index contributed by atoms with van der Waals surface area (Å²) in [5.41, 5.74) is 2.44. The van der Waals surface area contributed by atoms with Crippen LogP contribution in [0.5, 0.6) is 0 Å². The van der Waals surface area contributed by atoms with Crippen LogP contribution in [0.2, 0.25) is 0 Å². The first-order valence-electron chi connectivity index (χ1n) is 8.51. The van der Waals surface area contributed by atoms with Crippen molar-refractivity contribution in [3.05, 3.63) is 105 Å². The highest BCUT2D eigenvalue weighted by atomic mass is 79.9. The average molecular weight is 437 g/mol. The number of hydrogen-bond donors (Lipinski definition) is 0. The Morgan fingerprint density at radius 1 is 1.04 bits per heavy atom. The van der Waals surface area contributed by atoms with E-state index in [4.69, 9.17) is 0 Å². The van der Waals surface area contributed by atoms with Crippen LogP contribution in [0.3, 0.4) is 0 Å². The van der Waals surface area contributed by atoms with E-state index in [0.717, 1.165) is 10.2 Å². The van der Waals surface area contributed by atoms with Gasteiger partial charge in [0.2, 0.25) is 0 Å². The fraction of sp³-hybridized carbons (Fsp3) is 0.0455. The van der Waals surface area contributed by atoms with Crippen LogP contribution in [0, 0.1) is 10.1 Å². The highest BCUT2D eigenvalue weighted by molar-refractivity contribution is 9.10. The molecule has 0 heterocycles. The van der Waals surface area contributed by atoms with E-state index in [1.165, 1.54) is 12.1 Å². The first kappa shape index (κ1) is 19.5. The number of hydrogen-bond acceptors (Lipinski definition) is 4. The third-order valence-corrected chi connectivity index (χ3v) is 4.79. The molecule has 0 aromatic heterocycles. The Hall–Kier alpha value is -3.25. The van der Waals surface area contributed by atoms with Gasteiger partial charge in [-0.05, 0) is 54.1 Å². The zero-order valence-corrected chi connectivity index (χ0v) is 16.7. The normalized spacial score (nSPS) is 10.8. The molecule has 140 valence electrons. The van der Waals surface area contributed by atoms with Gasteiger partial charge in [0.05, 0.1) is 4.92 Å². The molecule has 0 aliphatic carbocycles. The van der Waals surface area contributed by atoms with Gasteiger partial charge in [-0.1, -0.05) is 46.3 Å². The average Bonchev–Trinajstić information content (AvgIpc) is 2.72. The summed E-state index contributed by atoms with van der Waals surface area (Å²) < 4.78 is 0.891. The summed E-state index contributed by atoms with van der Waals surface area (Å²) in [5.74, 6) is -0.166. The summed E-state index contributed by atoms with van der Waals surface area (Å²) in [4.78, 5) is 25.2. The molecule has 28 heavy (non-hydrogen) atoms. The fourth-order valence-corrected chi connectivity index (χ4v) is 3.01. The molecule has 0 bridgehead atoms. The number of benzene rings is 3. The van der Waals surface area contributed by atoms with Gasteiger partial charge < -0.3 is 4.90 Å². The van der Waals surface area contributed by atoms with Crippen LogP contribution in [0.15, 0.2) is 83.3 Å². The van der Waals surface area contributed by atoms with Gasteiger partial charge in [0, 0.05) is 28.8 Å². The lowest BCUT2D eigenvalue weighted by molar-refractivity contribution is -0.384. The van der Waals surface area contributed by atoms with Crippen molar-refractivity contribution in [3.63, 3.8) is 0 Å². The van der Waals surface area contributed by atoms with Gasteiger partial charge in [0.1, 0.15) is 5.69 Å². The maximum atomic E-state index is 12.3. The van der Waals surface area contributed by atoms with Crippen molar-refractivity contribution < 1.29 is 9.72 Å². The summed E-state index contributed by atoms with van der Waals surface area (Å²) >= 11 is 3.33. The second-order valence-electron chi connectivity index (χ2n) is 6.10. The molecule has 0 saturated carbocycles. The molecule has 3 aromatic carbocycles. The largest absolute Gasteiger partial charge is 0.339 e. The number of carbonyl (C=O) groups is 1. The number of nitro groups is 1. The van der Waals surface area contributed by atoms with E-state index < -0.39 is 4.92 Å². The molecule has 6 heteroatoms. The van der Waals surface area contributed by atoms with Crippen molar-refractivity contribution in [1.29, 1.82) is 0 Å².